The molecule has 0 fully saturated rings. The first-order chi connectivity index (χ1) is 18.6. The molecule has 198 valence electrons. The highest BCUT2D eigenvalue weighted by Crippen LogP contribution is 2.30. The molecular formula is C27H19F4N5O3. The molecule has 0 saturated heterocycles. The third kappa shape index (κ3) is 5.64. The van der Waals surface area contributed by atoms with Gasteiger partial charge in [0, 0.05) is 34.6 Å². The van der Waals surface area contributed by atoms with Gasteiger partial charge in [0.1, 0.15) is 11.4 Å². The molecule has 0 bridgehead atoms. The summed E-state index contributed by atoms with van der Waals surface area (Å²) in [6, 6.07) is 15.4. The van der Waals surface area contributed by atoms with Crippen LogP contribution in [0.1, 0.15) is 21.7 Å². The number of halogens is 4. The van der Waals surface area contributed by atoms with Gasteiger partial charge in [-0.25, -0.2) is 14.4 Å². The Kier molecular flexibility index (Phi) is 6.60. The normalized spacial score (nSPS) is 11.4. The number of fused-ring (bicyclic) bond motifs is 1. The number of carbonyl (C=O) groups is 1. The molecule has 5 rings (SSSR count). The van der Waals surface area contributed by atoms with Crippen LogP contribution in [0.3, 0.4) is 0 Å². The molecule has 0 spiro atoms. The number of alkyl halides is 3. The second-order valence-corrected chi connectivity index (χ2v) is 8.41. The number of nitrogens with zero attached hydrogens (tertiary/aromatic N) is 4. The molecular weight excluding hydrogens is 518 g/mol. The number of pyridine rings is 1. The summed E-state index contributed by atoms with van der Waals surface area (Å²) in [6.45, 7) is 3.60. The van der Waals surface area contributed by atoms with Crippen molar-refractivity contribution in [1.29, 1.82) is 0 Å². The minimum absolute atomic E-state index is 0.0211. The van der Waals surface area contributed by atoms with Gasteiger partial charge in [-0.1, -0.05) is 6.07 Å². The van der Waals surface area contributed by atoms with E-state index in [-0.39, 0.29) is 22.9 Å². The number of hydrogen-bond acceptors (Lipinski definition) is 6. The van der Waals surface area contributed by atoms with E-state index in [2.05, 4.69) is 25.1 Å². The van der Waals surface area contributed by atoms with Gasteiger partial charge >= 0.3 is 6.36 Å². The van der Waals surface area contributed by atoms with Gasteiger partial charge < -0.3 is 14.8 Å². The van der Waals surface area contributed by atoms with Crippen LogP contribution in [0.15, 0.2) is 72.9 Å². The molecule has 0 aliphatic carbocycles. The number of aryl methyl sites for hydroxylation is 1. The average Bonchev–Trinajstić information content (AvgIpc) is 3.35. The Morgan fingerprint density at radius 2 is 1.74 bits per heavy atom. The van der Waals surface area contributed by atoms with Crippen LogP contribution >= 0.6 is 0 Å². The number of nitrogens with one attached hydrogen (secondary N) is 1. The Balaban J connectivity index is 1.31. The van der Waals surface area contributed by atoms with Crippen LogP contribution < -0.4 is 14.8 Å². The van der Waals surface area contributed by atoms with Gasteiger partial charge in [0.05, 0.1) is 11.9 Å². The van der Waals surface area contributed by atoms with Crippen molar-refractivity contribution in [2.75, 3.05) is 5.32 Å². The van der Waals surface area contributed by atoms with E-state index in [9.17, 15) is 22.4 Å². The Bertz CT molecular complexity index is 1680. The smallest absolute Gasteiger partial charge is 0.435 e. The standard InChI is InChI=1S/C27H19F4N5O3/c1-15-16(2)33-24-12-13-32-36(24)26(15)38-23-11-8-18(14-20(23)28)34-25(37)22-5-3-4-21(35-22)17-6-9-19(10-7-17)39-27(29,30)31/h3-14H,1-2H3,(H,34,37). The van der Waals surface area contributed by atoms with Crippen LogP contribution in [0, 0.1) is 19.7 Å². The second-order valence-electron chi connectivity index (χ2n) is 8.41. The van der Waals surface area contributed by atoms with E-state index in [4.69, 9.17) is 4.74 Å². The molecule has 0 radical (unpaired) electrons. The van der Waals surface area contributed by atoms with Crippen molar-refractivity contribution in [2.45, 2.75) is 20.2 Å². The van der Waals surface area contributed by atoms with E-state index < -0.39 is 18.1 Å². The molecule has 12 heteroatoms. The summed E-state index contributed by atoms with van der Waals surface area (Å²) in [7, 11) is 0. The van der Waals surface area contributed by atoms with Gasteiger partial charge in [-0.15, -0.1) is 13.2 Å². The first kappa shape index (κ1) is 25.6. The summed E-state index contributed by atoms with van der Waals surface area (Å²) in [6.07, 6.45) is -3.24. The predicted molar refractivity (Wildman–Crippen MR) is 133 cm³/mol. The van der Waals surface area contributed by atoms with Crippen molar-refractivity contribution in [2.24, 2.45) is 0 Å². The van der Waals surface area contributed by atoms with E-state index in [0.717, 1.165) is 18.2 Å². The van der Waals surface area contributed by atoms with E-state index in [1.807, 2.05) is 6.92 Å². The van der Waals surface area contributed by atoms with Crippen LogP contribution in [0.2, 0.25) is 0 Å². The molecule has 5 aromatic rings. The van der Waals surface area contributed by atoms with Gasteiger partial charge in [-0.3, -0.25) is 4.79 Å². The van der Waals surface area contributed by atoms with Crippen molar-refractivity contribution in [3.8, 4) is 28.6 Å². The lowest BCUT2D eigenvalue weighted by Gasteiger charge is -2.13. The number of benzene rings is 2. The lowest BCUT2D eigenvalue weighted by atomic mass is 10.1. The zero-order valence-electron chi connectivity index (χ0n) is 20.5. The molecule has 8 nitrogen and oxygen atoms in total. The molecule has 1 N–H and O–H groups in total. The van der Waals surface area contributed by atoms with Crippen molar-refractivity contribution < 1.29 is 31.8 Å². The molecule has 3 aromatic heterocycles. The molecule has 0 saturated carbocycles. The third-order valence-corrected chi connectivity index (χ3v) is 5.72. The Labute approximate surface area is 218 Å². The van der Waals surface area contributed by atoms with E-state index >= 15 is 0 Å². The summed E-state index contributed by atoms with van der Waals surface area (Å²) >= 11 is 0. The monoisotopic (exact) mass is 537 g/mol. The maximum atomic E-state index is 15.0. The van der Waals surface area contributed by atoms with E-state index in [0.29, 0.717) is 34.0 Å². The minimum Gasteiger partial charge on any atom is -0.435 e. The Morgan fingerprint density at radius 1 is 0.974 bits per heavy atom. The van der Waals surface area contributed by atoms with Gasteiger partial charge in [0.25, 0.3) is 5.91 Å². The Hall–Kier alpha value is -5.00. The van der Waals surface area contributed by atoms with Crippen molar-refractivity contribution in [3.05, 3.63) is 95.7 Å². The molecule has 3 heterocycles. The Morgan fingerprint density at radius 3 is 2.46 bits per heavy atom. The summed E-state index contributed by atoms with van der Waals surface area (Å²) in [4.78, 5) is 21.5. The quantitative estimate of drug-likeness (QED) is 0.249. The first-order valence-corrected chi connectivity index (χ1v) is 11.5. The van der Waals surface area contributed by atoms with Crippen molar-refractivity contribution >= 4 is 17.2 Å². The molecule has 1 amide bonds. The van der Waals surface area contributed by atoms with Crippen LogP contribution in [0.5, 0.6) is 17.4 Å². The molecule has 0 aliphatic heterocycles. The highest BCUT2D eigenvalue weighted by Gasteiger charge is 2.31. The second kappa shape index (κ2) is 10.0. The molecule has 39 heavy (non-hydrogen) atoms. The molecule has 0 atom stereocenters. The zero-order valence-corrected chi connectivity index (χ0v) is 20.5. The number of hydrogen-bond donors (Lipinski definition) is 1. The maximum Gasteiger partial charge on any atom is 0.573 e. The number of carbonyl (C=O) groups excluding carboxylic acids is 1. The summed E-state index contributed by atoms with van der Waals surface area (Å²) < 4.78 is 63.3. The van der Waals surface area contributed by atoms with Crippen LogP contribution in [-0.4, -0.2) is 31.9 Å². The fraction of sp³-hybridized carbons (Fsp3) is 0.111. The largest absolute Gasteiger partial charge is 0.573 e. The van der Waals surface area contributed by atoms with Crippen molar-refractivity contribution in [3.63, 3.8) is 0 Å². The highest BCUT2D eigenvalue weighted by atomic mass is 19.4. The van der Waals surface area contributed by atoms with Crippen LogP contribution in [0.4, 0.5) is 23.2 Å². The van der Waals surface area contributed by atoms with Crippen molar-refractivity contribution in [1.82, 2.24) is 19.6 Å². The molecule has 2 aromatic carbocycles. The SMILES string of the molecule is Cc1nc2ccnn2c(Oc2ccc(NC(=O)c3cccc(-c4ccc(OC(F)(F)F)cc4)n3)cc2F)c1C. The summed E-state index contributed by atoms with van der Waals surface area (Å²) in [5.41, 5.74) is 2.96. The lowest BCUT2D eigenvalue weighted by molar-refractivity contribution is -0.274. The van der Waals surface area contributed by atoms with Gasteiger partial charge in [0.2, 0.25) is 5.88 Å². The highest BCUT2D eigenvalue weighted by molar-refractivity contribution is 6.03. The topological polar surface area (TPSA) is 90.6 Å². The number of rotatable bonds is 6. The number of amides is 1. The zero-order chi connectivity index (χ0) is 27.7. The van der Waals surface area contributed by atoms with E-state index in [1.54, 1.807) is 31.3 Å². The van der Waals surface area contributed by atoms with Crippen LogP contribution in [0.25, 0.3) is 16.9 Å². The number of aromatic nitrogens is 4. The van der Waals surface area contributed by atoms with Gasteiger partial charge in [-0.2, -0.15) is 9.61 Å². The van der Waals surface area contributed by atoms with Gasteiger partial charge in [0.15, 0.2) is 17.2 Å². The summed E-state index contributed by atoms with van der Waals surface area (Å²) in [5, 5.41) is 6.76. The molecule has 0 unspecified atom stereocenters. The summed E-state index contributed by atoms with van der Waals surface area (Å²) in [5.74, 6) is -1.46. The number of anilines is 1. The predicted octanol–water partition coefficient (Wildman–Crippen LogP) is 6.49. The average molecular weight is 537 g/mol. The lowest BCUT2D eigenvalue weighted by Crippen LogP contribution is -2.17. The maximum absolute atomic E-state index is 15.0. The number of ether oxygens (including phenoxy) is 2. The van der Waals surface area contributed by atoms with E-state index in [1.165, 1.54) is 34.8 Å². The minimum atomic E-state index is -4.80. The third-order valence-electron chi connectivity index (χ3n) is 5.72. The fourth-order valence-corrected chi connectivity index (χ4v) is 3.74. The molecule has 0 aliphatic rings. The first-order valence-electron chi connectivity index (χ1n) is 11.5. The fourth-order valence-electron chi connectivity index (χ4n) is 3.74. The van der Waals surface area contributed by atoms with Gasteiger partial charge in [-0.05, 0) is 62.4 Å². The van der Waals surface area contributed by atoms with Crippen LogP contribution in [-0.2, 0) is 0 Å².